The lowest BCUT2D eigenvalue weighted by Crippen LogP contribution is -2.15. The van der Waals surface area contributed by atoms with Crippen molar-refractivity contribution in [3.8, 4) is 5.69 Å². The van der Waals surface area contributed by atoms with E-state index in [2.05, 4.69) is 19.7 Å². The predicted octanol–water partition coefficient (Wildman–Crippen LogP) is 1.92. The fourth-order valence-electron chi connectivity index (χ4n) is 2.00. The molecule has 0 fully saturated rings. The van der Waals surface area contributed by atoms with Crippen molar-refractivity contribution in [1.82, 2.24) is 14.8 Å². The molecule has 2 heterocycles. The molecule has 0 spiro atoms. The first-order valence-electron chi connectivity index (χ1n) is 6.65. The average Bonchev–Trinajstić information content (AvgIpc) is 3.26. The number of anilines is 1. The van der Waals surface area contributed by atoms with Crippen LogP contribution >= 0.6 is 11.3 Å². The zero-order valence-corrected chi connectivity index (χ0v) is 14.0. The van der Waals surface area contributed by atoms with Crippen LogP contribution in [-0.2, 0) is 14.8 Å². The Hall–Kier alpha value is -2.72. The Balaban J connectivity index is 1.85. The van der Waals surface area contributed by atoms with Crippen molar-refractivity contribution >= 4 is 33.0 Å². The van der Waals surface area contributed by atoms with Crippen LogP contribution in [0.5, 0.6) is 0 Å². The third-order valence-corrected chi connectivity index (χ3v) is 5.57. The molecule has 0 saturated heterocycles. The van der Waals surface area contributed by atoms with Crippen LogP contribution in [-0.4, -0.2) is 36.3 Å². The molecule has 2 aromatic heterocycles. The van der Waals surface area contributed by atoms with Crippen LogP contribution in [0.25, 0.3) is 5.69 Å². The minimum absolute atomic E-state index is 0.0334. The zero-order valence-electron chi connectivity index (χ0n) is 12.4. The lowest BCUT2D eigenvalue weighted by molar-refractivity contribution is 0.0602. The van der Waals surface area contributed by atoms with Gasteiger partial charge in [0, 0.05) is 11.4 Å². The van der Waals surface area contributed by atoms with Crippen molar-refractivity contribution in [2.45, 2.75) is 4.90 Å². The highest BCUT2D eigenvalue weighted by atomic mass is 32.2. The van der Waals surface area contributed by atoms with E-state index in [1.165, 1.54) is 31.2 Å². The number of esters is 1. The van der Waals surface area contributed by atoms with Crippen LogP contribution in [0.3, 0.4) is 0 Å². The molecule has 0 aliphatic heterocycles. The molecule has 0 aliphatic carbocycles. The van der Waals surface area contributed by atoms with Crippen molar-refractivity contribution in [2.75, 3.05) is 11.8 Å². The lowest BCUT2D eigenvalue weighted by atomic mass is 10.3. The van der Waals surface area contributed by atoms with Crippen LogP contribution < -0.4 is 4.72 Å². The fourth-order valence-corrected chi connectivity index (χ4v) is 4.39. The van der Waals surface area contributed by atoms with E-state index in [1.807, 2.05) is 0 Å². The standard InChI is InChI=1S/C14H12N4O4S2/c1-22-14(19)13-12(6-7-23-13)24(20,21)17-10-2-4-11(5-3-10)18-8-15-16-9-18/h2-9,17H,1H3. The SMILES string of the molecule is COC(=O)c1sccc1S(=O)(=O)Nc1ccc(-n2cnnc2)cc1. The summed E-state index contributed by atoms with van der Waals surface area (Å²) in [7, 11) is -2.69. The number of rotatable bonds is 5. The number of ether oxygens (including phenoxy) is 1. The largest absolute Gasteiger partial charge is 0.465 e. The van der Waals surface area contributed by atoms with E-state index in [1.54, 1.807) is 28.8 Å². The number of methoxy groups -OCH3 is 1. The molecule has 1 N–H and O–H groups in total. The van der Waals surface area contributed by atoms with Crippen molar-refractivity contribution in [2.24, 2.45) is 0 Å². The van der Waals surface area contributed by atoms with Gasteiger partial charge in [0.05, 0.1) is 7.11 Å². The van der Waals surface area contributed by atoms with Crippen LogP contribution in [0.15, 0.2) is 53.3 Å². The number of carbonyl (C=O) groups is 1. The molecule has 10 heteroatoms. The molecule has 24 heavy (non-hydrogen) atoms. The smallest absolute Gasteiger partial charge is 0.349 e. The van der Waals surface area contributed by atoms with Gasteiger partial charge in [-0.05, 0) is 35.7 Å². The Bertz CT molecular complexity index is 947. The monoisotopic (exact) mass is 364 g/mol. The first kappa shape index (κ1) is 16.1. The number of benzene rings is 1. The van der Waals surface area contributed by atoms with Crippen LogP contribution in [0.2, 0.25) is 0 Å². The Morgan fingerprint density at radius 2 is 1.83 bits per heavy atom. The normalized spacial score (nSPS) is 11.2. The highest BCUT2D eigenvalue weighted by molar-refractivity contribution is 7.93. The quantitative estimate of drug-likeness (QED) is 0.694. The average molecular weight is 364 g/mol. The number of hydrogen-bond acceptors (Lipinski definition) is 7. The van der Waals surface area contributed by atoms with Gasteiger partial charge in [0.15, 0.2) is 0 Å². The Morgan fingerprint density at radius 3 is 2.46 bits per heavy atom. The number of nitrogens with zero attached hydrogens (tertiary/aromatic N) is 3. The summed E-state index contributed by atoms with van der Waals surface area (Å²) in [5.74, 6) is -0.687. The van der Waals surface area contributed by atoms with Gasteiger partial charge in [-0.3, -0.25) is 9.29 Å². The zero-order chi connectivity index (χ0) is 17.2. The number of carbonyl (C=O) groups excluding carboxylic acids is 1. The van der Waals surface area contributed by atoms with E-state index in [-0.39, 0.29) is 9.77 Å². The minimum atomic E-state index is -3.89. The molecule has 124 valence electrons. The molecule has 0 amide bonds. The Labute approximate surface area is 141 Å². The van der Waals surface area contributed by atoms with Gasteiger partial charge in [-0.15, -0.1) is 21.5 Å². The van der Waals surface area contributed by atoms with Crippen LogP contribution in [0.4, 0.5) is 5.69 Å². The van der Waals surface area contributed by atoms with Crippen molar-refractivity contribution in [1.29, 1.82) is 0 Å². The van der Waals surface area contributed by atoms with Gasteiger partial charge >= 0.3 is 5.97 Å². The maximum atomic E-state index is 12.5. The molecule has 0 atom stereocenters. The molecule has 0 radical (unpaired) electrons. The molecule has 3 aromatic rings. The van der Waals surface area contributed by atoms with Crippen LogP contribution in [0, 0.1) is 0 Å². The number of hydrogen-bond donors (Lipinski definition) is 1. The van der Waals surface area contributed by atoms with Gasteiger partial charge in [-0.2, -0.15) is 0 Å². The predicted molar refractivity (Wildman–Crippen MR) is 87.8 cm³/mol. The molecule has 8 nitrogen and oxygen atoms in total. The second-order valence-electron chi connectivity index (χ2n) is 4.63. The number of aromatic nitrogens is 3. The third-order valence-electron chi connectivity index (χ3n) is 3.13. The van der Waals surface area contributed by atoms with Gasteiger partial charge in [0.25, 0.3) is 10.0 Å². The van der Waals surface area contributed by atoms with E-state index < -0.39 is 16.0 Å². The van der Waals surface area contributed by atoms with Crippen molar-refractivity contribution < 1.29 is 17.9 Å². The van der Waals surface area contributed by atoms with Gasteiger partial charge in [-0.25, -0.2) is 13.2 Å². The summed E-state index contributed by atoms with van der Waals surface area (Å²) >= 11 is 1.01. The second-order valence-corrected chi connectivity index (χ2v) is 7.19. The first-order chi connectivity index (χ1) is 11.5. The van der Waals surface area contributed by atoms with Gasteiger partial charge in [0.2, 0.25) is 0 Å². The first-order valence-corrected chi connectivity index (χ1v) is 9.01. The molecular formula is C14H12N4O4S2. The maximum absolute atomic E-state index is 12.5. The van der Waals surface area contributed by atoms with E-state index >= 15 is 0 Å². The van der Waals surface area contributed by atoms with E-state index in [4.69, 9.17) is 0 Å². The second kappa shape index (κ2) is 6.42. The summed E-state index contributed by atoms with van der Waals surface area (Å²) in [6.07, 6.45) is 3.07. The van der Waals surface area contributed by atoms with E-state index in [0.717, 1.165) is 17.0 Å². The summed E-state index contributed by atoms with van der Waals surface area (Å²) < 4.78 is 33.7. The Kier molecular flexibility index (Phi) is 4.32. The summed E-state index contributed by atoms with van der Waals surface area (Å²) in [4.78, 5) is 11.6. The van der Waals surface area contributed by atoms with Gasteiger partial charge in [-0.1, -0.05) is 0 Å². The molecule has 0 bridgehead atoms. The number of sulfonamides is 1. The topological polar surface area (TPSA) is 103 Å². The van der Waals surface area contributed by atoms with Crippen molar-refractivity contribution in [3.05, 3.63) is 53.2 Å². The van der Waals surface area contributed by atoms with Crippen molar-refractivity contribution in [3.63, 3.8) is 0 Å². The molecular weight excluding hydrogens is 352 g/mol. The summed E-state index contributed by atoms with van der Waals surface area (Å²) in [5, 5.41) is 8.94. The highest BCUT2D eigenvalue weighted by Gasteiger charge is 2.24. The van der Waals surface area contributed by atoms with E-state index in [9.17, 15) is 13.2 Å². The van der Waals surface area contributed by atoms with Gasteiger partial charge in [0.1, 0.15) is 22.4 Å². The maximum Gasteiger partial charge on any atom is 0.349 e. The minimum Gasteiger partial charge on any atom is -0.465 e. The fraction of sp³-hybridized carbons (Fsp3) is 0.0714. The lowest BCUT2D eigenvalue weighted by Gasteiger charge is -2.09. The van der Waals surface area contributed by atoms with Crippen LogP contribution in [0.1, 0.15) is 9.67 Å². The molecule has 1 aromatic carbocycles. The molecule has 3 rings (SSSR count). The highest BCUT2D eigenvalue weighted by Crippen LogP contribution is 2.25. The summed E-state index contributed by atoms with van der Waals surface area (Å²) in [5.41, 5.74) is 1.16. The third kappa shape index (κ3) is 3.14. The number of thiophene rings is 1. The molecule has 0 unspecified atom stereocenters. The molecule has 0 aliphatic rings. The van der Waals surface area contributed by atoms with E-state index in [0.29, 0.717) is 5.69 Å². The Morgan fingerprint density at radius 1 is 1.17 bits per heavy atom. The molecule has 0 saturated carbocycles. The summed E-state index contributed by atoms with van der Waals surface area (Å²) in [6, 6.07) is 8.02. The summed E-state index contributed by atoms with van der Waals surface area (Å²) in [6.45, 7) is 0. The number of nitrogens with one attached hydrogen (secondary N) is 1. The van der Waals surface area contributed by atoms with Gasteiger partial charge < -0.3 is 4.74 Å².